The SMILES string of the molecule is CCOC(=O)C1CC2CC(=CC(=O)OCc3ccccc3)CCC2CN1C(=O)OC. The second kappa shape index (κ2) is 10.3. The van der Waals surface area contributed by atoms with Gasteiger partial charge in [-0.15, -0.1) is 0 Å². The molecule has 3 rings (SSSR count). The highest BCUT2D eigenvalue weighted by atomic mass is 16.6. The summed E-state index contributed by atoms with van der Waals surface area (Å²) < 4.78 is 15.4. The Bertz CT molecular complexity index is 790. The highest BCUT2D eigenvalue weighted by Gasteiger charge is 2.43. The number of amides is 1. The lowest BCUT2D eigenvalue weighted by Crippen LogP contribution is -2.54. The number of carbonyl (C=O) groups is 3. The molecule has 30 heavy (non-hydrogen) atoms. The van der Waals surface area contributed by atoms with E-state index in [4.69, 9.17) is 14.2 Å². The van der Waals surface area contributed by atoms with Crippen molar-refractivity contribution in [1.29, 1.82) is 0 Å². The second-order valence-electron chi connectivity index (χ2n) is 7.78. The fourth-order valence-corrected chi connectivity index (χ4v) is 4.37. The summed E-state index contributed by atoms with van der Waals surface area (Å²) in [6.45, 7) is 2.71. The van der Waals surface area contributed by atoms with Gasteiger partial charge in [0.25, 0.3) is 0 Å². The van der Waals surface area contributed by atoms with E-state index in [0.717, 1.165) is 30.4 Å². The van der Waals surface area contributed by atoms with Crippen molar-refractivity contribution in [3.05, 3.63) is 47.5 Å². The first-order chi connectivity index (χ1) is 14.5. The Morgan fingerprint density at radius 1 is 1.13 bits per heavy atom. The van der Waals surface area contributed by atoms with Crippen LogP contribution in [0.15, 0.2) is 42.0 Å². The highest BCUT2D eigenvalue weighted by Crippen LogP contribution is 2.41. The molecule has 3 unspecified atom stereocenters. The topological polar surface area (TPSA) is 82.1 Å². The molecule has 2 fully saturated rings. The van der Waals surface area contributed by atoms with Crippen LogP contribution in [0.5, 0.6) is 0 Å². The van der Waals surface area contributed by atoms with E-state index >= 15 is 0 Å². The molecule has 1 heterocycles. The molecule has 0 aromatic heterocycles. The lowest BCUT2D eigenvalue weighted by Gasteiger charge is -2.44. The molecule has 1 aromatic rings. The number of benzene rings is 1. The molecule has 0 N–H and O–H groups in total. The maximum Gasteiger partial charge on any atom is 0.410 e. The van der Waals surface area contributed by atoms with Gasteiger partial charge >= 0.3 is 18.0 Å². The number of ether oxygens (including phenoxy) is 3. The second-order valence-corrected chi connectivity index (χ2v) is 7.78. The average molecular weight is 415 g/mol. The zero-order chi connectivity index (χ0) is 21.5. The predicted molar refractivity (Wildman–Crippen MR) is 109 cm³/mol. The Morgan fingerprint density at radius 2 is 1.90 bits per heavy atom. The van der Waals surface area contributed by atoms with E-state index in [1.807, 2.05) is 30.3 Å². The van der Waals surface area contributed by atoms with Crippen LogP contribution in [-0.2, 0) is 30.4 Å². The number of esters is 2. The summed E-state index contributed by atoms with van der Waals surface area (Å²) in [6.07, 6.45) is 3.94. The number of hydrogen-bond acceptors (Lipinski definition) is 6. The monoisotopic (exact) mass is 415 g/mol. The number of allylic oxidation sites excluding steroid dienone is 1. The zero-order valence-electron chi connectivity index (χ0n) is 17.5. The van der Waals surface area contributed by atoms with Gasteiger partial charge in [-0.25, -0.2) is 14.4 Å². The third-order valence-corrected chi connectivity index (χ3v) is 5.87. The van der Waals surface area contributed by atoms with Crippen LogP contribution in [-0.4, -0.2) is 49.2 Å². The minimum atomic E-state index is -0.650. The smallest absolute Gasteiger partial charge is 0.410 e. The van der Waals surface area contributed by atoms with Gasteiger partial charge in [0.1, 0.15) is 12.6 Å². The molecule has 1 saturated heterocycles. The Balaban J connectivity index is 1.62. The highest BCUT2D eigenvalue weighted by molar-refractivity contribution is 5.83. The molecule has 0 radical (unpaired) electrons. The van der Waals surface area contributed by atoms with E-state index < -0.39 is 18.1 Å². The Labute approximate surface area is 177 Å². The summed E-state index contributed by atoms with van der Waals surface area (Å²) in [6, 6.07) is 8.91. The van der Waals surface area contributed by atoms with Crippen molar-refractivity contribution < 1.29 is 28.6 Å². The maximum absolute atomic E-state index is 12.4. The van der Waals surface area contributed by atoms with Gasteiger partial charge in [0.2, 0.25) is 0 Å². The van der Waals surface area contributed by atoms with Crippen molar-refractivity contribution >= 4 is 18.0 Å². The van der Waals surface area contributed by atoms with E-state index in [0.29, 0.717) is 13.0 Å². The third-order valence-electron chi connectivity index (χ3n) is 5.87. The number of methoxy groups -OCH3 is 1. The predicted octanol–water partition coefficient (Wildman–Crippen LogP) is 3.48. The van der Waals surface area contributed by atoms with E-state index in [1.54, 1.807) is 13.0 Å². The van der Waals surface area contributed by atoms with Crippen LogP contribution in [0.4, 0.5) is 4.79 Å². The molecule has 7 nitrogen and oxygen atoms in total. The van der Waals surface area contributed by atoms with Crippen molar-refractivity contribution in [2.75, 3.05) is 20.3 Å². The van der Waals surface area contributed by atoms with Crippen molar-refractivity contribution in [2.24, 2.45) is 11.8 Å². The van der Waals surface area contributed by atoms with E-state index in [2.05, 4.69) is 0 Å². The van der Waals surface area contributed by atoms with Crippen LogP contribution in [0.2, 0.25) is 0 Å². The van der Waals surface area contributed by atoms with Crippen LogP contribution in [0.1, 0.15) is 38.2 Å². The molecule has 0 bridgehead atoms. The van der Waals surface area contributed by atoms with Crippen LogP contribution in [0.3, 0.4) is 0 Å². The Hall–Kier alpha value is -2.83. The number of nitrogens with zero attached hydrogens (tertiary/aromatic N) is 1. The minimum absolute atomic E-state index is 0.210. The minimum Gasteiger partial charge on any atom is -0.464 e. The van der Waals surface area contributed by atoms with Crippen LogP contribution in [0.25, 0.3) is 0 Å². The van der Waals surface area contributed by atoms with Gasteiger partial charge in [-0.2, -0.15) is 0 Å². The van der Waals surface area contributed by atoms with Gasteiger partial charge in [0, 0.05) is 12.6 Å². The molecular weight excluding hydrogens is 386 g/mol. The lowest BCUT2D eigenvalue weighted by molar-refractivity contribution is -0.152. The summed E-state index contributed by atoms with van der Waals surface area (Å²) in [5, 5.41) is 0. The molecule has 162 valence electrons. The molecule has 3 atom stereocenters. The van der Waals surface area contributed by atoms with Gasteiger partial charge in [-0.05, 0) is 50.0 Å². The Kier molecular flexibility index (Phi) is 7.49. The van der Waals surface area contributed by atoms with Crippen molar-refractivity contribution in [1.82, 2.24) is 4.90 Å². The van der Waals surface area contributed by atoms with E-state index in [-0.39, 0.29) is 31.0 Å². The summed E-state index contributed by atoms with van der Waals surface area (Å²) in [7, 11) is 1.32. The summed E-state index contributed by atoms with van der Waals surface area (Å²) in [4.78, 5) is 38.3. The third kappa shape index (κ3) is 5.40. The lowest BCUT2D eigenvalue weighted by atomic mass is 9.71. The molecule has 1 aliphatic heterocycles. The van der Waals surface area contributed by atoms with E-state index in [9.17, 15) is 14.4 Å². The van der Waals surface area contributed by atoms with Gasteiger partial charge in [-0.1, -0.05) is 35.9 Å². The molecule has 1 aliphatic carbocycles. The number of piperidine rings is 1. The number of fused-ring (bicyclic) bond motifs is 1. The fraction of sp³-hybridized carbons (Fsp3) is 0.522. The first kappa shape index (κ1) is 21.9. The van der Waals surface area contributed by atoms with Gasteiger partial charge in [0.05, 0.1) is 13.7 Å². The molecule has 1 saturated carbocycles. The van der Waals surface area contributed by atoms with Gasteiger partial charge < -0.3 is 14.2 Å². The molecule has 0 spiro atoms. The van der Waals surface area contributed by atoms with Crippen molar-refractivity contribution in [3.8, 4) is 0 Å². The van der Waals surface area contributed by atoms with Gasteiger partial charge in [-0.3, -0.25) is 4.90 Å². The summed E-state index contributed by atoms with van der Waals surface area (Å²) in [5.74, 6) is -0.268. The number of carbonyl (C=O) groups excluding carboxylic acids is 3. The number of likely N-dealkylation sites (tertiary alicyclic amines) is 1. The quantitative estimate of drug-likeness (QED) is 0.416. The molecule has 1 amide bonds. The first-order valence-corrected chi connectivity index (χ1v) is 10.4. The molecule has 7 heteroatoms. The van der Waals surface area contributed by atoms with E-state index in [1.165, 1.54) is 12.0 Å². The van der Waals surface area contributed by atoms with Crippen LogP contribution >= 0.6 is 0 Å². The standard InChI is InChI=1S/C23H29NO6/c1-3-29-22(26)20-13-19-11-17(9-10-18(19)14-24(20)23(27)28-2)12-21(25)30-15-16-7-5-4-6-8-16/h4-8,12,18-20H,3,9-11,13-15H2,1-2H3. The molecule has 1 aromatic carbocycles. The number of rotatable bonds is 5. The van der Waals surface area contributed by atoms with Gasteiger partial charge in [0.15, 0.2) is 0 Å². The fourth-order valence-electron chi connectivity index (χ4n) is 4.37. The van der Waals surface area contributed by atoms with Crippen LogP contribution < -0.4 is 0 Å². The van der Waals surface area contributed by atoms with Crippen LogP contribution in [0, 0.1) is 11.8 Å². The first-order valence-electron chi connectivity index (χ1n) is 10.4. The number of hydrogen-bond donors (Lipinski definition) is 0. The molecular formula is C23H29NO6. The van der Waals surface area contributed by atoms with Crippen molar-refractivity contribution in [3.63, 3.8) is 0 Å². The summed E-state index contributed by atoms with van der Waals surface area (Å²) >= 11 is 0. The average Bonchev–Trinajstić information content (AvgIpc) is 2.77. The normalized spacial score (nSPS) is 24.7. The molecule has 2 aliphatic rings. The summed E-state index contributed by atoms with van der Waals surface area (Å²) in [5.41, 5.74) is 1.98. The largest absolute Gasteiger partial charge is 0.464 e. The Morgan fingerprint density at radius 3 is 2.60 bits per heavy atom. The van der Waals surface area contributed by atoms with Crippen molar-refractivity contribution in [2.45, 2.75) is 45.3 Å². The zero-order valence-corrected chi connectivity index (χ0v) is 17.5. The maximum atomic E-state index is 12.4.